The number of hydrogen-bond donors (Lipinski definition) is 1. The summed E-state index contributed by atoms with van der Waals surface area (Å²) < 4.78 is 5.25. The number of hydrogen-bond acceptors (Lipinski definition) is 4. The molecule has 1 aromatic carbocycles. The molecule has 1 heterocycles. The van der Waals surface area contributed by atoms with Gasteiger partial charge < -0.3 is 19.6 Å². The van der Waals surface area contributed by atoms with Gasteiger partial charge in [-0.15, -0.1) is 0 Å². The van der Waals surface area contributed by atoms with Crippen LogP contribution in [0.3, 0.4) is 0 Å². The molecule has 6 aliphatic rings. The van der Waals surface area contributed by atoms with Gasteiger partial charge in [0, 0.05) is 32.3 Å². The lowest BCUT2D eigenvalue weighted by Gasteiger charge is -2.71. The molecule has 0 bridgehead atoms. The summed E-state index contributed by atoms with van der Waals surface area (Å²) in [6.45, 7) is 19.7. The Kier molecular flexibility index (Phi) is 8.76. The van der Waals surface area contributed by atoms with E-state index < -0.39 is 0 Å². The van der Waals surface area contributed by atoms with Crippen LogP contribution in [0.2, 0.25) is 0 Å². The number of benzene rings is 1. The van der Waals surface area contributed by atoms with Crippen molar-refractivity contribution in [2.24, 2.45) is 50.2 Å². The molecule has 5 aliphatic carbocycles. The second-order valence-corrected chi connectivity index (χ2v) is 19.5. The molecule has 0 unspecified atom stereocenters. The van der Waals surface area contributed by atoms with Gasteiger partial charge in [-0.05, 0) is 133 Å². The number of nitrogens with zero attached hydrogens (tertiary/aromatic N) is 2. The van der Waals surface area contributed by atoms with Crippen molar-refractivity contribution in [2.75, 3.05) is 33.3 Å². The highest BCUT2D eigenvalue weighted by atomic mass is 16.5. The van der Waals surface area contributed by atoms with Gasteiger partial charge in [-0.1, -0.05) is 72.2 Å². The molecular formula is C44H64N2O4. The number of allylic oxidation sites excluding steroid dienone is 2. The molecule has 4 saturated carbocycles. The van der Waals surface area contributed by atoms with Crippen LogP contribution in [0, 0.1) is 50.2 Å². The lowest BCUT2D eigenvalue weighted by Crippen LogP contribution is -2.66. The van der Waals surface area contributed by atoms with Crippen molar-refractivity contribution >= 4 is 17.9 Å². The first-order chi connectivity index (χ1) is 23.5. The molecule has 1 saturated heterocycles. The summed E-state index contributed by atoms with van der Waals surface area (Å²) in [4.78, 5) is 32.2. The quantitative estimate of drug-likeness (QED) is 0.255. The Labute approximate surface area is 302 Å². The molecule has 1 aromatic rings. The number of ether oxygens (including phenoxy) is 1. The molecule has 7 rings (SSSR count). The number of amides is 2. The molecule has 1 aliphatic heterocycles. The predicted octanol–water partition coefficient (Wildman–Crippen LogP) is 8.54. The summed E-state index contributed by atoms with van der Waals surface area (Å²) in [5.41, 5.74) is 2.86. The van der Waals surface area contributed by atoms with Crippen LogP contribution in [0.15, 0.2) is 42.0 Å². The lowest BCUT2D eigenvalue weighted by molar-refractivity contribution is -0.204. The van der Waals surface area contributed by atoms with E-state index in [2.05, 4.69) is 59.4 Å². The van der Waals surface area contributed by atoms with Crippen molar-refractivity contribution < 1.29 is 19.4 Å². The predicted molar refractivity (Wildman–Crippen MR) is 200 cm³/mol. The first-order valence-electron chi connectivity index (χ1n) is 19.8. The third-order valence-corrected chi connectivity index (χ3v) is 16.5. The summed E-state index contributed by atoms with van der Waals surface area (Å²) in [5.74, 6) is 2.57. The van der Waals surface area contributed by atoms with Gasteiger partial charge >= 0.3 is 0 Å². The summed E-state index contributed by atoms with van der Waals surface area (Å²) in [6.07, 6.45) is 16.7. The molecular weight excluding hydrogens is 620 g/mol. The zero-order chi connectivity index (χ0) is 35.9. The van der Waals surface area contributed by atoms with E-state index in [1.165, 1.54) is 12.8 Å². The maximum absolute atomic E-state index is 15.0. The molecule has 274 valence electrons. The van der Waals surface area contributed by atoms with Crippen LogP contribution < -0.4 is 4.74 Å². The number of rotatable bonds is 4. The fraction of sp³-hybridized carbons (Fsp3) is 0.727. The van der Waals surface area contributed by atoms with Gasteiger partial charge in [-0.3, -0.25) is 9.59 Å². The number of piperazine rings is 1. The van der Waals surface area contributed by atoms with Crippen LogP contribution in [-0.2, 0) is 9.59 Å². The smallest absolute Gasteiger partial charge is 0.246 e. The monoisotopic (exact) mass is 684 g/mol. The normalized spacial score (nSPS) is 40.5. The lowest BCUT2D eigenvalue weighted by atomic mass is 9.33. The standard InChI is InChI=1S/C44H64N2O4/c1-39(2)21-23-44(38(49)46-27-25-45(26-28-46)37(48)16-11-30-9-12-31(50-8)13-10-30)24-22-42(6)32(33(44)29-39)14-15-35-41(5)19-18-36(47)40(3,4)34(41)17-20-43(35,42)7/h9-14,16,33-36,47H,15,17-29H2,1-8H3/b16-11+/t33-,34-,35+,36-,41-,42+,43+,44-/m0/s1. The molecule has 5 fully saturated rings. The van der Waals surface area contributed by atoms with Crippen molar-refractivity contribution in [3.8, 4) is 5.75 Å². The number of methoxy groups -OCH3 is 1. The Morgan fingerprint density at radius 2 is 1.48 bits per heavy atom. The summed E-state index contributed by atoms with van der Waals surface area (Å²) in [5, 5.41) is 11.1. The zero-order valence-electron chi connectivity index (χ0n) is 32.3. The maximum Gasteiger partial charge on any atom is 0.246 e. The molecule has 0 radical (unpaired) electrons. The van der Waals surface area contributed by atoms with Gasteiger partial charge in [0.25, 0.3) is 0 Å². The van der Waals surface area contributed by atoms with Crippen molar-refractivity contribution in [3.63, 3.8) is 0 Å². The Hall–Kier alpha value is -2.60. The van der Waals surface area contributed by atoms with Crippen molar-refractivity contribution in [1.82, 2.24) is 9.80 Å². The van der Waals surface area contributed by atoms with Crippen molar-refractivity contribution in [2.45, 2.75) is 119 Å². The van der Waals surface area contributed by atoms with Crippen LogP contribution >= 0.6 is 0 Å². The third kappa shape index (κ3) is 5.35. The third-order valence-electron chi connectivity index (χ3n) is 16.5. The van der Waals surface area contributed by atoms with Crippen LogP contribution in [0.4, 0.5) is 0 Å². The van der Waals surface area contributed by atoms with E-state index in [1.807, 2.05) is 35.2 Å². The van der Waals surface area contributed by atoms with Crippen LogP contribution in [0.25, 0.3) is 6.08 Å². The zero-order valence-corrected chi connectivity index (χ0v) is 32.3. The van der Waals surface area contributed by atoms with Gasteiger partial charge in [0.05, 0.1) is 18.6 Å². The molecule has 8 atom stereocenters. The molecule has 0 aromatic heterocycles. The Morgan fingerprint density at radius 1 is 0.820 bits per heavy atom. The highest BCUT2D eigenvalue weighted by molar-refractivity contribution is 5.92. The van der Waals surface area contributed by atoms with Crippen LogP contribution in [0.5, 0.6) is 5.75 Å². The van der Waals surface area contributed by atoms with E-state index in [9.17, 15) is 14.7 Å². The minimum absolute atomic E-state index is 0.00578. The van der Waals surface area contributed by atoms with Gasteiger partial charge in [0.15, 0.2) is 0 Å². The molecule has 2 amide bonds. The fourth-order valence-corrected chi connectivity index (χ4v) is 13.0. The first kappa shape index (κ1) is 35.8. The highest BCUT2D eigenvalue weighted by Crippen LogP contribution is 2.75. The summed E-state index contributed by atoms with van der Waals surface area (Å²) in [7, 11) is 1.65. The van der Waals surface area contributed by atoms with Gasteiger partial charge in [0.1, 0.15) is 5.75 Å². The second kappa shape index (κ2) is 12.2. The SMILES string of the molecule is COc1ccc(/C=C/C(=O)N2CCN(C(=O)[C@]34CCC(C)(C)C[C@H]3C3=CC[C@@H]5[C@@]6(C)CC[C@H](O)C(C)(C)[C@@H]6CC[C@@]5(C)[C@]3(C)CC4)CC2)cc1. The van der Waals surface area contributed by atoms with Crippen LogP contribution in [0.1, 0.15) is 118 Å². The number of aliphatic hydroxyl groups excluding tert-OH is 1. The number of aliphatic hydroxyl groups is 1. The molecule has 6 heteroatoms. The van der Waals surface area contributed by atoms with Crippen LogP contribution in [-0.4, -0.2) is 66.1 Å². The van der Waals surface area contributed by atoms with E-state index in [1.54, 1.807) is 18.8 Å². The van der Waals surface area contributed by atoms with Gasteiger partial charge in [-0.25, -0.2) is 0 Å². The Bertz CT molecular complexity index is 1550. The Balaban J connectivity index is 1.11. The largest absolute Gasteiger partial charge is 0.497 e. The van der Waals surface area contributed by atoms with E-state index >= 15 is 0 Å². The molecule has 0 spiro atoms. The summed E-state index contributed by atoms with van der Waals surface area (Å²) in [6, 6.07) is 7.70. The average Bonchev–Trinajstić information content (AvgIpc) is 3.09. The second-order valence-electron chi connectivity index (χ2n) is 19.5. The molecule has 6 nitrogen and oxygen atoms in total. The fourth-order valence-electron chi connectivity index (χ4n) is 13.0. The van der Waals surface area contributed by atoms with Crippen molar-refractivity contribution in [3.05, 3.63) is 47.6 Å². The highest BCUT2D eigenvalue weighted by Gasteiger charge is 2.69. The minimum atomic E-state index is -0.345. The minimum Gasteiger partial charge on any atom is -0.497 e. The Morgan fingerprint density at radius 3 is 2.16 bits per heavy atom. The van der Waals surface area contributed by atoms with Crippen molar-refractivity contribution in [1.29, 1.82) is 0 Å². The van der Waals surface area contributed by atoms with E-state index in [0.29, 0.717) is 43.9 Å². The summed E-state index contributed by atoms with van der Waals surface area (Å²) >= 11 is 0. The number of carbonyl (C=O) groups is 2. The van der Waals surface area contributed by atoms with E-state index in [4.69, 9.17) is 4.74 Å². The van der Waals surface area contributed by atoms with E-state index in [0.717, 1.165) is 62.7 Å². The first-order valence-corrected chi connectivity index (χ1v) is 19.8. The van der Waals surface area contributed by atoms with Gasteiger partial charge in [0.2, 0.25) is 11.8 Å². The van der Waals surface area contributed by atoms with E-state index in [-0.39, 0.29) is 50.4 Å². The molecule has 1 N–H and O–H groups in total. The van der Waals surface area contributed by atoms with Gasteiger partial charge in [-0.2, -0.15) is 0 Å². The maximum atomic E-state index is 15.0. The number of fused-ring (bicyclic) bond motifs is 7. The average molecular weight is 685 g/mol. The number of carbonyl (C=O) groups excluding carboxylic acids is 2. The topological polar surface area (TPSA) is 70.1 Å². The molecule has 50 heavy (non-hydrogen) atoms.